The Morgan fingerprint density at radius 2 is 1.84 bits per heavy atom. The average Bonchev–Trinajstić information content (AvgIpc) is 3.20. The van der Waals surface area contributed by atoms with Crippen LogP contribution >= 0.6 is 0 Å². The number of hydrogen-bond acceptors (Lipinski definition) is 4. The van der Waals surface area contributed by atoms with Crippen LogP contribution in [0.2, 0.25) is 0 Å². The van der Waals surface area contributed by atoms with Gasteiger partial charge in [-0.2, -0.15) is 5.10 Å². The Morgan fingerprint density at radius 3 is 2.48 bits per heavy atom. The van der Waals surface area contributed by atoms with Gasteiger partial charge in [0, 0.05) is 29.7 Å². The highest BCUT2D eigenvalue weighted by atomic mass is 16.5. The molecule has 4 rings (SSSR count). The molecule has 0 unspecified atom stereocenters. The smallest absolute Gasteiger partial charge is 0.262 e. The Labute approximate surface area is 181 Å². The zero-order valence-corrected chi connectivity index (χ0v) is 18.4. The van der Waals surface area contributed by atoms with Crippen LogP contribution < -0.4 is 15.6 Å². The number of aryl methyl sites for hydroxylation is 2. The fraction of sp³-hybridized carbons (Fsp3) is 0.292. The van der Waals surface area contributed by atoms with Gasteiger partial charge in [-0.25, -0.2) is 0 Å². The Kier molecular flexibility index (Phi) is 7.07. The van der Waals surface area contributed by atoms with Crippen molar-refractivity contribution < 1.29 is 9.53 Å². The molecule has 0 aliphatic heterocycles. The normalized spacial score (nSPS) is 10.6. The number of aromatic nitrogens is 3. The van der Waals surface area contributed by atoms with Crippen LogP contribution in [0.1, 0.15) is 36.3 Å². The van der Waals surface area contributed by atoms with Gasteiger partial charge >= 0.3 is 0 Å². The maximum absolute atomic E-state index is 12.4. The van der Waals surface area contributed by atoms with Crippen molar-refractivity contribution in [3.63, 3.8) is 0 Å². The molecule has 31 heavy (non-hydrogen) atoms. The molecule has 0 aliphatic rings. The van der Waals surface area contributed by atoms with Gasteiger partial charge in [0.15, 0.2) is 0 Å². The molecular weight excluding hydrogens is 392 g/mol. The second-order valence-electron chi connectivity index (χ2n) is 7.12. The number of rotatable bonds is 5. The molecule has 0 saturated carbocycles. The molecule has 7 nitrogen and oxygen atoms in total. The summed E-state index contributed by atoms with van der Waals surface area (Å²) >= 11 is 0. The van der Waals surface area contributed by atoms with Gasteiger partial charge in [0.1, 0.15) is 11.3 Å². The van der Waals surface area contributed by atoms with Crippen LogP contribution in [-0.2, 0) is 6.54 Å². The number of para-hydroxylation sites is 1. The fourth-order valence-electron chi connectivity index (χ4n) is 3.44. The molecule has 162 valence electrons. The summed E-state index contributed by atoms with van der Waals surface area (Å²) in [4.78, 5) is 23.8. The Morgan fingerprint density at radius 1 is 1.13 bits per heavy atom. The minimum atomic E-state index is -0.0329. The number of ether oxygens (including phenoxy) is 1. The monoisotopic (exact) mass is 420 g/mol. The van der Waals surface area contributed by atoms with E-state index in [1.165, 1.54) is 0 Å². The number of fused-ring (bicyclic) bond motifs is 3. The summed E-state index contributed by atoms with van der Waals surface area (Å²) in [5, 5.41) is 11.7. The van der Waals surface area contributed by atoms with Gasteiger partial charge in [-0.1, -0.05) is 25.1 Å². The van der Waals surface area contributed by atoms with Crippen molar-refractivity contribution in [3.8, 4) is 5.75 Å². The maximum atomic E-state index is 12.4. The first-order valence-electron chi connectivity index (χ1n) is 10.4. The number of nitrogens with one attached hydrogen (secondary N) is 2. The predicted octanol–water partition coefficient (Wildman–Crippen LogP) is 4.04. The van der Waals surface area contributed by atoms with Gasteiger partial charge < -0.3 is 14.6 Å². The zero-order chi connectivity index (χ0) is 22.4. The van der Waals surface area contributed by atoms with Gasteiger partial charge in [0.2, 0.25) is 0 Å². The third kappa shape index (κ3) is 4.60. The molecule has 0 atom stereocenters. The molecule has 2 aromatic heterocycles. The Bertz CT molecular complexity index is 1240. The molecule has 0 bridgehead atoms. The van der Waals surface area contributed by atoms with Gasteiger partial charge in [0.05, 0.1) is 18.0 Å². The van der Waals surface area contributed by atoms with Crippen LogP contribution in [-0.4, -0.2) is 34.3 Å². The predicted molar refractivity (Wildman–Crippen MR) is 124 cm³/mol. The van der Waals surface area contributed by atoms with Crippen molar-refractivity contribution in [2.75, 3.05) is 13.7 Å². The molecule has 0 fully saturated rings. The van der Waals surface area contributed by atoms with Gasteiger partial charge in [-0.3, -0.25) is 14.7 Å². The molecular formula is C24H28N4O3. The highest BCUT2D eigenvalue weighted by Gasteiger charge is 2.13. The van der Waals surface area contributed by atoms with E-state index in [-0.39, 0.29) is 11.5 Å². The molecule has 0 saturated heterocycles. The van der Waals surface area contributed by atoms with Gasteiger partial charge in [0.25, 0.3) is 11.5 Å². The third-order valence-electron chi connectivity index (χ3n) is 5.06. The lowest BCUT2D eigenvalue weighted by atomic mass is 10.1. The van der Waals surface area contributed by atoms with E-state index in [4.69, 9.17) is 4.74 Å². The maximum Gasteiger partial charge on any atom is 0.262 e. The first kappa shape index (κ1) is 22.1. The molecule has 2 heterocycles. The molecule has 0 radical (unpaired) electrons. The number of methoxy groups -OCH3 is 1. The number of pyridine rings is 1. The van der Waals surface area contributed by atoms with Crippen LogP contribution in [0.5, 0.6) is 5.75 Å². The number of carbonyl (C=O) groups excluding carboxylic acids is 1. The van der Waals surface area contributed by atoms with Crippen molar-refractivity contribution in [2.45, 2.75) is 33.7 Å². The molecule has 0 aliphatic carbocycles. The minimum Gasteiger partial charge on any atom is -0.497 e. The lowest BCUT2D eigenvalue weighted by molar-refractivity contribution is 0.0953. The zero-order valence-electron chi connectivity index (χ0n) is 18.4. The number of carbonyl (C=O) groups is 1. The van der Waals surface area contributed by atoms with E-state index in [2.05, 4.69) is 15.5 Å². The third-order valence-corrected chi connectivity index (χ3v) is 5.06. The molecule has 2 N–H and O–H groups in total. The van der Waals surface area contributed by atoms with Gasteiger partial charge in [-0.15, -0.1) is 0 Å². The van der Waals surface area contributed by atoms with E-state index in [0.29, 0.717) is 24.0 Å². The second-order valence-corrected chi connectivity index (χ2v) is 7.12. The van der Waals surface area contributed by atoms with E-state index in [1.807, 2.05) is 45.0 Å². The van der Waals surface area contributed by atoms with Crippen molar-refractivity contribution in [1.82, 2.24) is 20.1 Å². The summed E-state index contributed by atoms with van der Waals surface area (Å²) in [7, 11) is 1.60. The number of nitrogens with zero attached hydrogens (tertiary/aromatic N) is 2. The lowest BCUT2D eigenvalue weighted by Gasteiger charge is -2.08. The second kappa shape index (κ2) is 9.93. The SMILES string of the molecule is CCCNC(=O)c1ccc(OC)cc1.CCn1c(=O)c2c(C)[nH]nc2c2ccccc21. The summed E-state index contributed by atoms with van der Waals surface area (Å²) in [6.07, 6.45) is 0.946. The van der Waals surface area contributed by atoms with Crippen molar-refractivity contribution in [1.29, 1.82) is 0 Å². The van der Waals surface area contributed by atoms with Crippen molar-refractivity contribution in [3.05, 3.63) is 70.1 Å². The van der Waals surface area contributed by atoms with E-state index < -0.39 is 0 Å². The van der Waals surface area contributed by atoms with E-state index in [0.717, 1.165) is 34.3 Å². The summed E-state index contributed by atoms with van der Waals surface area (Å²) < 4.78 is 6.79. The Balaban J connectivity index is 0.000000180. The number of H-pyrrole nitrogens is 1. The van der Waals surface area contributed by atoms with Gasteiger partial charge in [-0.05, 0) is 50.6 Å². The summed E-state index contributed by atoms with van der Waals surface area (Å²) in [5.74, 6) is 0.728. The van der Waals surface area contributed by atoms with E-state index in [1.54, 1.807) is 35.9 Å². The molecule has 7 heteroatoms. The summed E-state index contributed by atoms with van der Waals surface area (Å²) in [6.45, 7) is 7.26. The largest absolute Gasteiger partial charge is 0.497 e. The number of amides is 1. The number of hydrogen-bond donors (Lipinski definition) is 2. The standard InChI is InChI=1S/C13H13N3O.C11H15NO2/c1-3-16-10-7-5-4-6-9(10)12-11(13(16)17)8(2)14-15-12;1-3-8-12-11(13)9-4-6-10(14-2)7-5-9/h4-7H,3H2,1-2H3,(H,14,15);4-7H,3,8H2,1-2H3,(H,12,13). The first-order valence-corrected chi connectivity index (χ1v) is 10.4. The van der Waals surface area contributed by atoms with Crippen LogP contribution in [0.4, 0.5) is 0 Å². The topological polar surface area (TPSA) is 89.0 Å². The molecule has 2 aromatic carbocycles. The molecule has 0 spiro atoms. The fourth-order valence-corrected chi connectivity index (χ4v) is 3.44. The van der Waals surface area contributed by atoms with Crippen LogP contribution in [0.25, 0.3) is 21.8 Å². The summed E-state index contributed by atoms with van der Waals surface area (Å²) in [5.41, 5.74) is 3.25. The highest BCUT2D eigenvalue weighted by molar-refractivity contribution is 6.03. The van der Waals surface area contributed by atoms with Crippen LogP contribution in [0.3, 0.4) is 0 Å². The highest BCUT2D eigenvalue weighted by Crippen LogP contribution is 2.22. The average molecular weight is 421 g/mol. The summed E-state index contributed by atoms with van der Waals surface area (Å²) in [6, 6.07) is 14.9. The van der Waals surface area contributed by atoms with E-state index in [9.17, 15) is 9.59 Å². The van der Waals surface area contributed by atoms with E-state index >= 15 is 0 Å². The number of aromatic amines is 1. The molecule has 4 aromatic rings. The van der Waals surface area contributed by atoms with Crippen molar-refractivity contribution >= 4 is 27.7 Å². The van der Waals surface area contributed by atoms with Crippen molar-refractivity contribution in [2.24, 2.45) is 0 Å². The Hall–Kier alpha value is -3.61. The van der Waals surface area contributed by atoms with Crippen LogP contribution in [0, 0.1) is 6.92 Å². The quantitative estimate of drug-likeness (QED) is 0.510. The first-order chi connectivity index (χ1) is 15.0. The number of benzene rings is 2. The van der Waals surface area contributed by atoms with Crippen LogP contribution in [0.15, 0.2) is 53.3 Å². The lowest BCUT2D eigenvalue weighted by Crippen LogP contribution is -2.23. The molecule has 1 amide bonds. The minimum absolute atomic E-state index is 0.0329.